The molecule has 0 aromatic heterocycles. The summed E-state index contributed by atoms with van der Waals surface area (Å²) >= 11 is 0. The van der Waals surface area contributed by atoms with E-state index in [9.17, 15) is 13.6 Å². The van der Waals surface area contributed by atoms with E-state index in [1.165, 1.54) is 12.1 Å². The number of ether oxygens (including phenoxy) is 1. The van der Waals surface area contributed by atoms with Crippen LogP contribution in [0.25, 0.3) is 5.57 Å². The highest BCUT2D eigenvalue weighted by molar-refractivity contribution is 5.96. The predicted octanol–water partition coefficient (Wildman–Crippen LogP) is 7.37. The number of carbonyl (C=O) groups is 1. The molecule has 1 N–H and O–H groups in total. The quantitative estimate of drug-likeness (QED) is 0.366. The zero-order chi connectivity index (χ0) is 23.8. The van der Waals surface area contributed by atoms with Crippen molar-refractivity contribution in [2.45, 2.75) is 33.7 Å². The second-order valence-electron chi connectivity index (χ2n) is 7.63. The van der Waals surface area contributed by atoms with Gasteiger partial charge in [-0.15, -0.1) is 0 Å². The lowest BCUT2D eigenvalue weighted by molar-refractivity contribution is 0.0950. The van der Waals surface area contributed by atoms with Gasteiger partial charge in [-0.25, -0.2) is 8.78 Å². The molecule has 3 aromatic rings. The number of aryl methyl sites for hydroxylation is 1. The SMILES string of the molecule is C/C=C\C(=C/CC)c1cccc(Oc2ccc(C)c(C(=O)NCc3cc(F)cc(F)c3)c2)c1. The fraction of sp³-hybridized carbons (Fsp3) is 0.179. The van der Waals surface area contributed by atoms with Crippen LogP contribution in [0.4, 0.5) is 8.78 Å². The summed E-state index contributed by atoms with van der Waals surface area (Å²) in [5.74, 6) is -0.535. The number of benzene rings is 3. The molecular formula is C28H27F2NO2. The van der Waals surface area contributed by atoms with Crippen molar-refractivity contribution in [3.63, 3.8) is 0 Å². The fourth-order valence-electron chi connectivity index (χ4n) is 3.46. The summed E-state index contributed by atoms with van der Waals surface area (Å²) in [7, 11) is 0. The number of allylic oxidation sites excluding steroid dienone is 4. The van der Waals surface area contributed by atoms with Crippen molar-refractivity contribution in [3.8, 4) is 11.5 Å². The third-order valence-electron chi connectivity index (χ3n) is 5.00. The van der Waals surface area contributed by atoms with E-state index >= 15 is 0 Å². The smallest absolute Gasteiger partial charge is 0.251 e. The number of amides is 1. The maximum atomic E-state index is 13.4. The first-order valence-electron chi connectivity index (χ1n) is 10.8. The van der Waals surface area contributed by atoms with Crippen LogP contribution in [0.3, 0.4) is 0 Å². The minimum atomic E-state index is -0.681. The Hall–Kier alpha value is -3.73. The summed E-state index contributed by atoms with van der Waals surface area (Å²) in [6, 6.07) is 16.2. The molecule has 0 unspecified atom stereocenters. The van der Waals surface area contributed by atoms with Crippen molar-refractivity contribution >= 4 is 11.5 Å². The predicted molar refractivity (Wildman–Crippen MR) is 128 cm³/mol. The van der Waals surface area contributed by atoms with Crippen LogP contribution in [-0.4, -0.2) is 5.91 Å². The third kappa shape index (κ3) is 6.62. The molecule has 0 atom stereocenters. The molecule has 170 valence electrons. The fourth-order valence-corrected chi connectivity index (χ4v) is 3.46. The highest BCUT2D eigenvalue weighted by Crippen LogP contribution is 2.27. The van der Waals surface area contributed by atoms with Crippen LogP contribution in [-0.2, 0) is 6.54 Å². The topological polar surface area (TPSA) is 38.3 Å². The molecule has 0 fully saturated rings. The lowest BCUT2D eigenvalue weighted by Gasteiger charge is -2.12. The maximum absolute atomic E-state index is 13.4. The number of hydrogen-bond donors (Lipinski definition) is 1. The van der Waals surface area contributed by atoms with E-state index in [0.29, 0.717) is 22.6 Å². The van der Waals surface area contributed by atoms with Gasteiger partial charge >= 0.3 is 0 Å². The molecule has 0 saturated carbocycles. The van der Waals surface area contributed by atoms with Gasteiger partial charge in [-0.1, -0.05) is 43.4 Å². The first kappa shape index (κ1) is 23.9. The number of rotatable bonds is 8. The summed E-state index contributed by atoms with van der Waals surface area (Å²) < 4.78 is 32.8. The summed E-state index contributed by atoms with van der Waals surface area (Å²) in [6.07, 6.45) is 7.13. The summed E-state index contributed by atoms with van der Waals surface area (Å²) in [5, 5.41) is 2.71. The van der Waals surface area contributed by atoms with Gasteiger partial charge in [0.2, 0.25) is 0 Å². The van der Waals surface area contributed by atoms with Crippen molar-refractivity contribution in [3.05, 3.63) is 113 Å². The Kier molecular flexibility index (Phi) is 8.14. The van der Waals surface area contributed by atoms with E-state index in [4.69, 9.17) is 4.74 Å². The average molecular weight is 448 g/mol. The molecular weight excluding hydrogens is 420 g/mol. The van der Waals surface area contributed by atoms with E-state index in [1.807, 2.05) is 44.2 Å². The molecule has 0 heterocycles. The number of carbonyl (C=O) groups excluding carboxylic acids is 1. The van der Waals surface area contributed by atoms with Crippen LogP contribution in [0.15, 0.2) is 78.9 Å². The molecule has 0 aliphatic heterocycles. The minimum absolute atomic E-state index is 0.0115. The maximum Gasteiger partial charge on any atom is 0.251 e. The highest BCUT2D eigenvalue weighted by atomic mass is 19.1. The Morgan fingerprint density at radius 2 is 1.73 bits per heavy atom. The van der Waals surface area contributed by atoms with Crippen molar-refractivity contribution < 1.29 is 18.3 Å². The number of halogens is 2. The molecule has 5 heteroatoms. The van der Waals surface area contributed by atoms with Gasteiger partial charge in [0.25, 0.3) is 5.91 Å². The molecule has 0 aliphatic rings. The second-order valence-corrected chi connectivity index (χ2v) is 7.63. The Morgan fingerprint density at radius 3 is 2.42 bits per heavy atom. The van der Waals surface area contributed by atoms with Gasteiger partial charge in [0.15, 0.2) is 0 Å². The second kappa shape index (κ2) is 11.2. The molecule has 0 bridgehead atoms. The lowest BCUT2D eigenvalue weighted by Crippen LogP contribution is -2.23. The van der Waals surface area contributed by atoms with Crippen LogP contribution in [0, 0.1) is 18.6 Å². The van der Waals surface area contributed by atoms with Gasteiger partial charge < -0.3 is 10.1 Å². The van der Waals surface area contributed by atoms with Crippen LogP contribution in [0.2, 0.25) is 0 Å². The molecule has 33 heavy (non-hydrogen) atoms. The molecule has 1 amide bonds. The Morgan fingerprint density at radius 1 is 1.00 bits per heavy atom. The van der Waals surface area contributed by atoms with E-state index in [1.54, 1.807) is 18.2 Å². The summed E-state index contributed by atoms with van der Waals surface area (Å²) in [5.41, 5.74) is 3.70. The summed E-state index contributed by atoms with van der Waals surface area (Å²) in [4.78, 5) is 12.7. The lowest BCUT2D eigenvalue weighted by atomic mass is 10.0. The first-order chi connectivity index (χ1) is 15.9. The van der Waals surface area contributed by atoms with Crippen LogP contribution < -0.4 is 10.1 Å². The Labute approximate surface area is 193 Å². The van der Waals surface area contributed by atoms with Crippen molar-refractivity contribution in [1.82, 2.24) is 5.32 Å². The van der Waals surface area contributed by atoms with Crippen LogP contribution in [0.1, 0.15) is 47.3 Å². The van der Waals surface area contributed by atoms with Crippen molar-refractivity contribution in [1.29, 1.82) is 0 Å². The van der Waals surface area contributed by atoms with E-state index in [-0.39, 0.29) is 12.5 Å². The molecule has 3 rings (SSSR count). The molecule has 3 aromatic carbocycles. The highest BCUT2D eigenvalue weighted by Gasteiger charge is 2.12. The minimum Gasteiger partial charge on any atom is -0.457 e. The number of nitrogens with one attached hydrogen (secondary N) is 1. The zero-order valence-electron chi connectivity index (χ0n) is 19.0. The van der Waals surface area contributed by atoms with Gasteiger partial charge in [0.05, 0.1) is 0 Å². The molecule has 0 spiro atoms. The van der Waals surface area contributed by atoms with E-state index in [0.717, 1.165) is 29.2 Å². The Bertz CT molecular complexity index is 1180. The standard InChI is InChI=1S/C28H27F2NO2/c1-4-7-21(8-5-2)22-9-6-10-25(15-22)33-26-12-11-19(3)27(17-26)28(32)31-18-20-13-23(29)16-24(30)14-20/h4,6-17H,5,18H2,1-3H3,(H,31,32)/b7-4-,21-8+. The average Bonchev–Trinajstić information content (AvgIpc) is 2.78. The normalized spacial score (nSPS) is 11.6. The van der Waals surface area contributed by atoms with Gasteiger partial charge in [-0.3, -0.25) is 4.79 Å². The third-order valence-corrected chi connectivity index (χ3v) is 5.00. The summed E-state index contributed by atoms with van der Waals surface area (Å²) in [6.45, 7) is 5.90. The first-order valence-corrected chi connectivity index (χ1v) is 10.8. The van der Waals surface area contributed by atoms with Crippen LogP contribution >= 0.6 is 0 Å². The molecule has 0 aliphatic carbocycles. The van der Waals surface area contributed by atoms with Gasteiger partial charge in [0.1, 0.15) is 23.1 Å². The zero-order valence-corrected chi connectivity index (χ0v) is 19.0. The van der Waals surface area contributed by atoms with E-state index in [2.05, 4.69) is 24.4 Å². The Balaban J connectivity index is 1.77. The van der Waals surface area contributed by atoms with Crippen molar-refractivity contribution in [2.24, 2.45) is 0 Å². The van der Waals surface area contributed by atoms with Gasteiger partial charge in [0, 0.05) is 18.2 Å². The number of hydrogen-bond acceptors (Lipinski definition) is 2. The largest absolute Gasteiger partial charge is 0.457 e. The van der Waals surface area contributed by atoms with Gasteiger partial charge in [-0.2, -0.15) is 0 Å². The molecule has 0 saturated heterocycles. The van der Waals surface area contributed by atoms with Crippen LogP contribution in [0.5, 0.6) is 11.5 Å². The molecule has 3 nitrogen and oxygen atoms in total. The van der Waals surface area contributed by atoms with E-state index < -0.39 is 11.6 Å². The molecule has 0 radical (unpaired) electrons. The monoisotopic (exact) mass is 447 g/mol. The van der Waals surface area contributed by atoms with Gasteiger partial charge in [-0.05, 0) is 78.9 Å². The van der Waals surface area contributed by atoms with Crippen molar-refractivity contribution in [2.75, 3.05) is 0 Å².